The fourth-order valence-electron chi connectivity index (χ4n) is 0.931. The van der Waals surface area contributed by atoms with E-state index in [4.69, 9.17) is 5.21 Å². The van der Waals surface area contributed by atoms with E-state index in [1.807, 2.05) is 6.26 Å². The number of rotatable bonds is 3. The Kier molecular flexibility index (Phi) is 3.10. The summed E-state index contributed by atoms with van der Waals surface area (Å²) in [5.74, 6) is 1.62. The molecule has 0 aliphatic carbocycles. The van der Waals surface area contributed by atoms with E-state index in [1.165, 1.54) is 6.20 Å². The number of aryl methyl sites for hydroxylation is 1. The van der Waals surface area contributed by atoms with Gasteiger partial charge < -0.3 is 5.21 Å². The summed E-state index contributed by atoms with van der Waals surface area (Å²) in [4.78, 5) is 3.93. The van der Waals surface area contributed by atoms with Crippen LogP contribution >= 0.6 is 11.8 Å². The number of thioether (sulfide) groups is 1. The van der Waals surface area contributed by atoms with Crippen molar-refractivity contribution in [2.75, 3.05) is 6.26 Å². The van der Waals surface area contributed by atoms with Crippen LogP contribution in [0, 0.1) is 12.1 Å². The Morgan fingerprint density at radius 2 is 2.50 bits per heavy atom. The minimum Gasteiger partial charge on any atom is -0.594 e. The van der Waals surface area contributed by atoms with Crippen molar-refractivity contribution in [1.29, 1.82) is 0 Å². The average molecular weight is 189 g/mol. The Hall–Kier alpha value is -0.560. The quantitative estimate of drug-likeness (QED) is 0.652. The van der Waals surface area contributed by atoms with Gasteiger partial charge in [-0.05, 0) is 13.2 Å². The maximum absolute atomic E-state index is 10.6. The van der Waals surface area contributed by atoms with Crippen LogP contribution in [0.1, 0.15) is 5.82 Å². The lowest BCUT2D eigenvalue weighted by atomic mass is 10.7. The third-order valence-electron chi connectivity index (χ3n) is 1.53. The normalized spacial score (nSPS) is 13.3. The van der Waals surface area contributed by atoms with Gasteiger partial charge in [-0.15, -0.1) is 11.8 Å². The van der Waals surface area contributed by atoms with Gasteiger partial charge in [0.15, 0.2) is 0 Å². The van der Waals surface area contributed by atoms with Gasteiger partial charge in [0.25, 0.3) is 5.82 Å². The van der Waals surface area contributed by atoms with Crippen molar-refractivity contribution >= 4 is 17.6 Å². The highest BCUT2D eigenvalue weighted by Crippen LogP contribution is 2.09. The lowest BCUT2D eigenvalue weighted by molar-refractivity contribution is -0.994. The summed E-state index contributed by atoms with van der Waals surface area (Å²) >= 11 is 1.56. The van der Waals surface area contributed by atoms with E-state index in [0.29, 0.717) is 5.88 Å². The third-order valence-corrected chi connectivity index (χ3v) is 2.05. The second-order valence-electron chi connectivity index (χ2n) is 2.34. The van der Waals surface area contributed by atoms with E-state index in [9.17, 15) is 5.21 Å². The molecule has 0 aliphatic rings. The molecule has 1 aromatic rings. The molecule has 1 atom stereocenters. The molecule has 2 N–H and O–H groups in total. The second kappa shape index (κ2) is 3.90. The van der Waals surface area contributed by atoms with E-state index in [1.54, 1.807) is 23.3 Å². The first-order chi connectivity index (χ1) is 5.66. The van der Waals surface area contributed by atoms with E-state index >= 15 is 0 Å². The zero-order chi connectivity index (χ0) is 9.14. The van der Waals surface area contributed by atoms with Crippen LogP contribution in [0.4, 0.5) is 5.82 Å². The van der Waals surface area contributed by atoms with Crippen molar-refractivity contribution in [3.8, 4) is 0 Å². The maximum atomic E-state index is 10.6. The number of aromatic nitrogens is 2. The van der Waals surface area contributed by atoms with Crippen LogP contribution < -0.4 is 5.23 Å². The van der Waals surface area contributed by atoms with Crippen LogP contribution in [0.3, 0.4) is 0 Å². The van der Waals surface area contributed by atoms with Crippen LogP contribution in [0.15, 0.2) is 6.20 Å². The molecule has 6 heteroatoms. The average Bonchev–Trinajstić information content (AvgIpc) is 2.34. The molecule has 5 nitrogen and oxygen atoms in total. The summed E-state index contributed by atoms with van der Waals surface area (Å²) in [5.41, 5.74) is 0. The zero-order valence-electron chi connectivity index (χ0n) is 6.94. The molecule has 1 unspecified atom stereocenters. The Balaban J connectivity index is 2.95. The highest BCUT2D eigenvalue weighted by atomic mass is 32.2. The van der Waals surface area contributed by atoms with Crippen molar-refractivity contribution in [3.05, 3.63) is 17.2 Å². The minimum atomic E-state index is -0.926. The standard InChI is InChI=1S/C6H11N3O2S/c1-5-7-3-6(9(10)11)8(5)4-12-2/h3,9-10H,4H2,1-2H3. The third kappa shape index (κ3) is 1.78. The molecule has 0 saturated carbocycles. The molecule has 1 rings (SSSR count). The first kappa shape index (κ1) is 9.53. The molecule has 1 aromatic heterocycles. The second-order valence-corrected chi connectivity index (χ2v) is 3.18. The van der Waals surface area contributed by atoms with Crippen LogP contribution in [0.2, 0.25) is 0 Å². The van der Waals surface area contributed by atoms with E-state index < -0.39 is 5.23 Å². The molecule has 68 valence electrons. The molecule has 0 aliphatic heterocycles. The number of quaternary nitrogens is 1. The first-order valence-electron chi connectivity index (χ1n) is 3.41. The summed E-state index contributed by atoms with van der Waals surface area (Å²) in [6.07, 6.45) is 3.30. The van der Waals surface area contributed by atoms with E-state index in [0.717, 1.165) is 5.82 Å². The Labute approximate surface area is 74.5 Å². The van der Waals surface area contributed by atoms with Gasteiger partial charge in [0.05, 0.1) is 5.88 Å². The monoisotopic (exact) mass is 189 g/mol. The SMILES string of the molecule is CSCn1c([NH+]([O-])O)cnc1C. The lowest BCUT2D eigenvalue weighted by Crippen LogP contribution is -2.99. The van der Waals surface area contributed by atoms with Crippen molar-refractivity contribution < 1.29 is 10.4 Å². The van der Waals surface area contributed by atoms with E-state index in [2.05, 4.69) is 4.98 Å². The highest BCUT2D eigenvalue weighted by Gasteiger charge is 2.10. The molecule has 0 spiro atoms. The van der Waals surface area contributed by atoms with Crippen LogP contribution in [-0.2, 0) is 5.88 Å². The summed E-state index contributed by atoms with van der Waals surface area (Å²) in [6, 6.07) is 0. The molecule has 0 aromatic carbocycles. The van der Waals surface area contributed by atoms with Gasteiger partial charge in [0.1, 0.15) is 12.0 Å². The maximum Gasteiger partial charge on any atom is 0.260 e. The Bertz CT molecular complexity index is 261. The number of imidazole rings is 1. The molecule has 0 saturated heterocycles. The number of hydrogen-bond acceptors (Lipinski definition) is 4. The van der Waals surface area contributed by atoms with Gasteiger partial charge in [-0.25, -0.2) is 10.2 Å². The first-order valence-corrected chi connectivity index (χ1v) is 4.80. The van der Waals surface area contributed by atoms with Gasteiger partial charge in [0.2, 0.25) is 0 Å². The fourth-order valence-corrected chi connectivity index (χ4v) is 1.52. The van der Waals surface area contributed by atoms with Gasteiger partial charge >= 0.3 is 0 Å². The molecule has 0 bridgehead atoms. The zero-order valence-corrected chi connectivity index (χ0v) is 7.76. The van der Waals surface area contributed by atoms with Gasteiger partial charge in [-0.3, -0.25) is 4.57 Å². The van der Waals surface area contributed by atoms with Crippen molar-refractivity contribution in [1.82, 2.24) is 9.55 Å². The molecule has 1 heterocycles. The smallest absolute Gasteiger partial charge is 0.260 e. The number of nitrogens with one attached hydrogen (secondary N) is 1. The lowest BCUT2D eigenvalue weighted by Gasteiger charge is -2.13. The summed E-state index contributed by atoms with van der Waals surface area (Å²) in [5, 5.41) is 18.4. The topological polar surface area (TPSA) is 65.5 Å². The predicted molar refractivity (Wildman–Crippen MR) is 46.3 cm³/mol. The Morgan fingerprint density at radius 3 is 3.00 bits per heavy atom. The minimum absolute atomic E-state index is 0.252. The van der Waals surface area contributed by atoms with Crippen LogP contribution in [0.5, 0.6) is 0 Å². The molecular weight excluding hydrogens is 178 g/mol. The van der Waals surface area contributed by atoms with Crippen LogP contribution in [-0.4, -0.2) is 21.0 Å². The largest absolute Gasteiger partial charge is 0.594 e. The molecule has 0 amide bonds. The molecule has 0 fully saturated rings. The predicted octanol–water partition coefficient (Wildman–Crippen LogP) is -0.0846. The fraction of sp³-hybridized carbons (Fsp3) is 0.500. The number of hydrogen-bond donors (Lipinski definition) is 2. The molecular formula is C6H11N3O2S. The highest BCUT2D eigenvalue weighted by molar-refractivity contribution is 7.97. The number of nitrogens with zero attached hydrogens (tertiary/aromatic N) is 2. The van der Waals surface area contributed by atoms with Gasteiger partial charge in [-0.1, -0.05) is 0 Å². The van der Waals surface area contributed by atoms with Gasteiger partial charge in [0, 0.05) is 0 Å². The van der Waals surface area contributed by atoms with Crippen molar-refractivity contribution in [3.63, 3.8) is 0 Å². The van der Waals surface area contributed by atoms with E-state index in [-0.39, 0.29) is 5.82 Å². The van der Waals surface area contributed by atoms with Gasteiger partial charge in [-0.2, -0.15) is 5.23 Å². The van der Waals surface area contributed by atoms with Crippen LogP contribution in [0.25, 0.3) is 0 Å². The molecule has 0 radical (unpaired) electrons. The summed E-state index contributed by atoms with van der Waals surface area (Å²) < 4.78 is 1.67. The summed E-state index contributed by atoms with van der Waals surface area (Å²) in [7, 11) is 0. The van der Waals surface area contributed by atoms with Crippen molar-refractivity contribution in [2.24, 2.45) is 0 Å². The molecule has 12 heavy (non-hydrogen) atoms. The van der Waals surface area contributed by atoms with Crippen molar-refractivity contribution in [2.45, 2.75) is 12.8 Å². The Morgan fingerprint density at radius 1 is 1.83 bits per heavy atom. The summed E-state index contributed by atoms with van der Waals surface area (Å²) in [6.45, 7) is 1.79.